The molecule has 0 unspecified atom stereocenters. The molecule has 0 radical (unpaired) electrons. The first-order valence-electron chi connectivity index (χ1n) is 7.88. The predicted molar refractivity (Wildman–Crippen MR) is 90.6 cm³/mol. The highest BCUT2D eigenvalue weighted by Crippen LogP contribution is 2.40. The van der Waals surface area contributed by atoms with Gasteiger partial charge in [-0.2, -0.15) is 26.3 Å². The van der Waals surface area contributed by atoms with Gasteiger partial charge in [0.05, 0.1) is 11.1 Å². The average molecular weight is 398 g/mol. The minimum Gasteiger partial charge on any atom is -0.507 e. The number of hydrogen-bond donors (Lipinski definition) is 2. The van der Waals surface area contributed by atoms with E-state index in [0.717, 1.165) is 24.3 Å². The number of aromatic hydroxyl groups is 2. The van der Waals surface area contributed by atoms with E-state index in [0.29, 0.717) is 11.1 Å². The van der Waals surface area contributed by atoms with Gasteiger partial charge < -0.3 is 10.2 Å². The topological polar surface area (TPSA) is 40.5 Å². The van der Waals surface area contributed by atoms with Gasteiger partial charge in [-0.3, -0.25) is 0 Å². The standard InChI is InChI=1S/C20H12F6O2/c21-19(22,23)15-9-13(5-7-17(15)27)11-1-2-12(4-3-11)14-6-8-18(28)16(10-14)20(24,25)26/h1-10,27-28H. The molecule has 0 aromatic heterocycles. The van der Waals surface area contributed by atoms with Gasteiger partial charge in [0.2, 0.25) is 0 Å². The molecule has 28 heavy (non-hydrogen) atoms. The van der Waals surface area contributed by atoms with E-state index in [4.69, 9.17) is 0 Å². The molecule has 3 aromatic carbocycles. The summed E-state index contributed by atoms with van der Waals surface area (Å²) in [4.78, 5) is 0. The van der Waals surface area contributed by atoms with Gasteiger partial charge in [0.25, 0.3) is 0 Å². The Hall–Kier alpha value is -3.16. The van der Waals surface area contributed by atoms with Crippen LogP contribution in [0, 0.1) is 0 Å². The Morgan fingerprint density at radius 3 is 1.04 bits per heavy atom. The predicted octanol–water partition coefficient (Wildman–Crippen LogP) is 6.47. The van der Waals surface area contributed by atoms with Gasteiger partial charge in [-0.25, -0.2) is 0 Å². The third-order valence-corrected chi connectivity index (χ3v) is 4.16. The van der Waals surface area contributed by atoms with Crippen molar-refractivity contribution in [3.05, 3.63) is 71.8 Å². The van der Waals surface area contributed by atoms with Crippen molar-refractivity contribution in [3.63, 3.8) is 0 Å². The van der Waals surface area contributed by atoms with Crippen LogP contribution < -0.4 is 0 Å². The molecule has 0 bridgehead atoms. The minimum absolute atomic E-state index is 0.193. The molecule has 0 aliphatic carbocycles. The van der Waals surface area contributed by atoms with Gasteiger partial charge in [0.1, 0.15) is 11.5 Å². The molecule has 0 saturated heterocycles. The molecule has 0 amide bonds. The number of alkyl halides is 6. The van der Waals surface area contributed by atoms with Crippen LogP contribution in [-0.4, -0.2) is 10.2 Å². The van der Waals surface area contributed by atoms with Crippen LogP contribution in [0.15, 0.2) is 60.7 Å². The molecular formula is C20H12F6O2. The molecule has 0 aliphatic heterocycles. The Bertz CT molecular complexity index is 922. The summed E-state index contributed by atoms with van der Waals surface area (Å²) in [6, 6.07) is 11.9. The fourth-order valence-corrected chi connectivity index (χ4v) is 2.74. The largest absolute Gasteiger partial charge is 0.507 e. The highest BCUT2D eigenvalue weighted by atomic mass is 19.4. The quantitative estimate of drug-likeness (QED) is 0.486. The van der Waals surface area contributed by atoms with Crippen molar-refractivity contribution in [1.82, 2.24) is 0 Å². The molecule has 0 saturated carbocycles. The smallest absolute Gasteiger partial charge is 0.419 e. The lowest BCUT2D eigenvalue weighted by atomic mass is 9.97. The fourth-order valence-electron chi connectivity index (χ4n) is 2.74. The summed E-state index contributed by atoms with van der Waals surface area (Å²) in [6.07, 6.45) is -9.44. The molecule has 0 fully saturated rings. The van der Waals surface area contributed by atoms with Crippen LogP contribution in [0.5, 0.6) is 11.5 Å². The van der Waals surface area contributed by atoms with Crippen LogP contribution in [0.2, 0.25) is 0 Å². The van der Waals surface area contributed by atoms with Gasteiger partial charge in [-0.1, -0.05) is 36.4 Å². The Balaban J connectivity index is 1.97. The number of hydrogen-bond acceptors (Lipinski definition) is 2. The maximum atomic E-state index is 12.9. The number of phenolic OH excluding ortho intramolecular Hbond substituents is 2. The summed E-state index contributed by atoms with van der Waals surface area (Å²) in [6.45, 7) is 0. The highest BCUT2D eigenvalue weighted by Gasteiger charge is 2.35. The van der Waals surface area contributed by atoms with E-state index in [1.54, 1.807) is 0 Å². The zero-order chi connectivity index (χ0) is 20.7. The average Bonchev–Trinajstić information content (AvgIpc) is 2.61. The summed E-state index contributed by atoms with van der Waals surface area (Å²) < 4.78 is 77.5. The van der Waals surface area contributed by atoms with E-state index in [-0.39, 0.29) is 11.1 Å². The maximum Gasteiger partial charge on any atom is 0.419 e. The van der Waals surface area contributed by atoms with Crippen molar-refractivity contribution in [1.29, 1.82) is 0 Å². The van der Waals surface area contributed by atoms with Crippen molar-refractivity contribution in [3.8, 4) is 33.8 Å². The molecule has 146 valence electrons. The molecule has 0 heterocycles. The zero-order valence-electron chi connectivity index (χ0n) is 13.9. The monoisotopic (exact) mass is 398 g/mol. The summed E-state index contributed by atoms with van der Waals surface area (Å²) in [5.74, 6) is -1.78. The number of phenols is 2. The van der Waals surface area contributed by atoms with Gasteiger partial charge in [0, 0.05) is 0 Å². The van der Waals surface area contributed by atoms with E-state index in [2.05, 4.69) is 0 Å². The van der Waals surface area contributed by atoms with Crippen LogP contribution in [0.3, 0.4) is 0 Å². The van der Waals surface area contributed by atoms with Crippen LogP contribution >= 0.6 is 0 Å². The van der Waals surface area contributed by atoms with Gasteiger partial charge >= 0.3 is 12.4 Å². The van der Waals surface area contributed by atoms with Crippen molar-refractivity contribution in [2.45, 2.75) is 12.4 Å². The Kier molecular flexibility index (Phi) is 4.74. The van der Waals surface area contributed by atoms with E-state index in [9.17, 15) is 36.6 Å². The van der Waals surface area contributed by atoms with Crippen molar-refractivity contribution in [2.24, 2.45) is 0 Å². The lowest BCUT2D eigenvalue weighted by molar-refractivity contribution is -0.139. The van der Waals surface area contributed by atoms with Crippen molar-refractivity contribution in [2.75, 3.05) is 0 Å². The second-order valence-electron chi connectivity index (χ2n) is 6.04. The van der Waals surface area contributed by atoms with E-state index in [1.165, 1.54) is 36.4 Å². The van der Waals surface area contributed by atoms with Crippen LogP contribution in [0.4, 0.5) is 26.3 Å². The summed E-state index contributed by atoms with van der Waals surface area (Å²) in [7, 11) is 0. The molecule has 3 rings (SSSR count). The van der Waals surface area contributed by atoms with Gasteiger partial charge in [-0.15, -0.1) is 0 Å². The van der Waals surface area contributed by atoms with E-state index >= 15 is 0 Å². The van der Waals surface area contributed by atoms with E-state index < -0.39 is 35.0 Å². The summed E-state index contributed by atoms with van der Waals surface area (Å²) in [5, 5.41) is 18.8. The second kappa shape index (κ2) is 6.78. The van der Waals surface area contributed by atoms with Crippen LogP contribution in [-0.2, 0) is 12.4 Å². The van der Waals surface area contributed by atoms with Crippen LogP contribution in [0.25, 0.3) is 22.3 Å². The fraction of sp³-hybridized carbons (Fsp3) is 0.100. The summed E-state index contributed by atoms with van der Waals surface area (Å²) in [5.41, 5.74) is -1.19. The molecule has 8 heteroatoms. The second-order valence-corrected chi connectivity index (χ2v) is 6.04. The summed E-state index contributed by atoms with van der Waals surface area (Å²) >= 11 is 0. The number of halogens is 6. The Morgan fingerprint density at radius 2 is 0.750 bits per heavy atom. The Labute approximate surface area is 155 Å². The minimum atomic E-state index is -4.72. The molecule has 3 aromatic rings. The first-order chi connectivity index (χ1) is 13.0. The van der Waals surface area contributed by atoms with E-state index in [1.807, 2.05) is 0 Å². The van der Waals surface area contributed by atoms with Crippen molar-refractivity contribution < 1.29 is 36.6 Å². The molecule has 2 N–H and O–H groups in total. The Morgan fingerprint density at radius 1 is 0.464 bits per heavy atom. The number of rotatable bonds is 2. The first-order valence-corrected chi connectivity index (χ1v) is 7.88. The maximum absolute atomic E-state index is 12.9. The van der Waals surface area contributed by atoms with Gasteiger partial charge in [0.15, 0.2) is 0 Å². The van der Waals surface area contributed by atoms with Gasteiger partial charge in [-0.05, 0) is 46.5 Å². The first kappa shape index (κ1) is 19.6. The molecule has 0 spiro atoms. The molecule has 0 aliphatic rings. The van der Waals surface area contributed by atoms with Crippen molar-refractivity contribution >= 4 is 0 Å². The SMILES string of the molecule is Oc1ccc(-c2ccc(-c3ccc(O)c(C(F)(F)F)c3)cc2)cc1C(F)(F)F. The number of benzene rings is 3. The third kappa shape index (κ3) is 3.90. The lowest BCUT2D eigenvalue weighted by Gasteiger charge is -2.12. The normalized spacial score (nSPS) is 12.2. The third-order valence-electron chi connectivity index (χ3n) is 4.16. The molecule has 0 atom stereocenters. The lowest BCUT2D eigenvalue weighted by Crippen LogP contribution is -2.05. The van der Waals surface area contributed by atoms with Crippen LogP contribution in [0.1, 0.15) is 11.1 Å². The molecule has 2 nitrogen and oxygen atoms in total. The zero-order valence-corrected chi connectivity index (χ0v) is 13.9. The molecular weight excluding hydrogens is 386 g/mol. The highest BCUT2D eigenvalue weighted by molar-refractivity contribution is 5.72.